The Labute approximate surface area is 745 Å². The normalized spacial score (nSPS) is 34.7. The number of rotatable bonds is 64. The lowest BCUT2D eigenvalue weighted by molar-refractivity contribution is -0.392. The van der Waals surface area contributed by atoms with Gasteiger partial charge in [0.05, 0.1) is 70.5 Å². The molecule has 24 N–H and O–H groups in total. The Balaban J connectivity index is 1.06. The molecule has 127 heavy (non-hydrogen) atoms. The van der Waals surface area contributed by atoms with Crippen LogP contribution >= 0.6 is 0 Å². The van der Waals surface area contributed by atoms with Gasteiger partial charge < -0.3 is 180 Å². The molecule has 0 spiro atoms. The van der Waals surface area contributed by atoms with Crippen molar-refractivity contribution in [2.45, 2.75) is 460 Å². The molecule has 40 nitrogen and oxygen atoms in total. The second-order valence-corrected chi connectivity index (χ2v) is 34.9. The first kappa shape index (κ1) is 112. The number of allylic oxidation sites excluding steroid dienone is 1. The molecule has 0 aromatic carbocycles. The van der Waals surface area contributed by atoms with Gasteiger partial charge in [-0.15, -0.1) is 0 Å². The fraction of sp³-hybridized carbons (Fsp3) is 0.931. The van der Waals surface area contributed by atoms with Gasteiger partial charge in [-0.25, -0.2) is 4.79 Å². The summed E-state index contributed by atoms with van der Waals surface area (Å²) in [5.41, 5.74) is 0. The van der Waals surface area contributed by atoms with E-state index in [1.54, 1.807) is 6.08 Å². The Hall–Kier alpha value is -3.66. The zero-order valence-electron chi connectivity index (χ0n) is 74.4. The van der Waals surface area contributed by atoms with Crippen molar-refractivity contribution in [1.29, 1.82) is 0 Å². The molecular formula is C87H157N3O37. The van der Waals surface area contributed by atoms with Crippen LogP contribution in [0.4, 0.5) is 0 Å². The van der Waals surface area contributed by atoms with Crippen molar-refractivity contribution in [2.75, 3.05) is 52.9 Å². The molecule has 0 aromatic heterocycles. The highest BCUT2D eigenvalue weighted by molar-refractivity contribution is 5.78. The van der Waals surface area contributed by atoms with Gasteiger partial charge in [-0.2, -0.15) is 0 Å². The molecule has 3 amide bonds. The summed E-state index contributed by atoms with van der Waals surface area (Å²) in [6, 6.07) is -4.90. The lowest BCUT2D eigenvalue weighted by atomic mass is 9.88. The summed E-state index contributed by atoms with van der Waals surface area (Å²) >= 11 is 0. The van der Waals surface area contributed by atoms with E-state index in [2.05, 4.69) is 29.8 Å². The van der Waals surface area contributed by atoms with E-state index in [4.69, 9.17) is 56.8 Å². The number of carbonyl (C=O) groups excluding carboxylic acids is 3. The molecule has 6 fully saturated rings. The van der Waals surface area contributed by atoms with Crippen LogP contribution in [-0.2, 0) is 76.0 Å². The first-order valence-corrected chi connectivity index (χ1v) is 46.8. The first-order valence-electron chi connectivity index (χ1n) is 46.8. The van der Waals surface area contributed by atoms with Crippen LogP contribution in [0.5, 0.6) is 0 Å². The summed E-state index contributed by atoms with van der Waals surface area (Å²) in [4.78, 5) is 52.3. The molecule has 6 rings (SSSR count). The maximum absolute atomic E-state index is 13.6. The molecule has 6 aliphatic rings. The lowest BCUT2D eigenvalue weighted by Crippen LogP contribution is -2.71. The molecule has 0 aromatic rings. The second kappa shape index (κ2) is 60.6. The van der Waals surface area contributed by atoms with E-state index in [1.807, 2.05) is 6.08 Å². The Morgan fingerprint density at radius 3 is 1.23 bits per heavy atom. The standard InChI is InChI=1S/C87H157N3O37/c1-4-6-8-10-12-14-16-18-19-20-21-22-23-24-25-26-27-29-31-33-35-37-39-41-61(102)89-52(53(99)40-38-36-34-32-30-28-17-15-13-11-9-7-5-2)50-116-82-71(110)69(108)75(59(47-95)120-82)122-83-72(111)70(109)76(60(48-96)121-83)123-84-73(112)79(67(106)57(45-93)118-84)125-81-64(88-51(3)98)77(66(105)56(44-92)117-81)124-85-74(113)80(68(107)58(46-94)119-85)127-87(86(114)115)42-54(100)63(90-62(103)49-97)78(126-87)65(104)55(101)43-91/h38,40,52-60,63-85,91-97,99-101,104-113H,4-37,39,41-50H2,1-3H3,(H,88,98)(H,89,102)(H,90,103)(H,114,115)/b40-38+/t52-,53+,54?,55+,56?,57?,58?,59?,60?,63+,64?,65+,66-,67-,68-,69+,70+,71?,72?,73?,74?,75+,76-,77+,78?,79-,80-,81-,82+,83-,84-,85-,87-/m0/s1. The van der Waals surface area contributed by atoms with E-state index < -0.39 is 279 Å². The number of unbranched alkanes of at least 4 members (excludes halogenated alkanes) is 33. The van der Waals surface area contributed by atoms with Crippen LogP contribution in [0.3, 0.4) is 0 Å². The smallest absolute Gasteiger partial charge is 0.364 e. The van der Waals surface area contributed by atoms with E-state index in [1.165, 1.54) is 161 Å². The van der Waals surface area contributed by atoms with E-state index in [-0.39, 0.29) is 12.3 Å². The molecule has 0 radical (unpaired) electrons. The minimum Gasteiger partial charge on any atom is -0.477 e. The third-order valence-corrected chi connectivity index (χ3v) is 24.8. The van der Waals surface area contributed by atoms with E-state index in [0.717, 1.165) is 58.3 Å². The predicted molar refractivity (Wildman–Crippen MR) is 449 cm³/mol. The number of aliphatic hydroxyl groups is 20. The van der Waals surface area contributed by atoms with Crippen LogP contribution in [0.2, 0.25) is 0 Å². The van der Waals surface area contributed by atoms with Gasteiger partial charge in [-0.3, -0.25) is 14.4 Å². The van der Waals surface area contributed by atoms with Gasteiger partial charge in [-0.05, 0) is 19.3 Å². The zero-order valence-corrected chi connectivity index (χ0v) is 74.4. The maximum Gasteiger partial charge on any atom is 0.364 e. The first-order chi connectivity index (χ1) is 61.0. The number of aliphatic carboxylic acids is 1. The van der Waals surface area contributed by atoms with Crippen molar-refractivity contribution < 1.29 is 183 Å². The minimum absolute atomic E-state index is 0.165. The van der Waals surface area contributed by atoms with Crippen molar-refractivity contribution in [1.82, 2.24) is 16.0 Å². The molecular weight excluding hydrogens is 1680 g/mol. The molecule has 6 aliphatic heterocycles. The number of carbonyl (C=O) groups is 4. The van der Waals surface area contributed by atoms with E-state index in [9.17, 15) is 126 Å². The summed E-state index contributed by atoms with van der Waals surface area (Å²) in [6.07, 6.45) is -16.0. The third-order valence-electron chi connectivity index (χ3n) is 24.8. The van der Waals surface area contributed by atoms with Crippen LogP contribution in [0.15, 0.2) is 12.2 Å². The van der Waals surface area contributed by atoms with E-state index in [0.29, 0.717) is 12.8 Å². The van der Waals surface area contributed by atoms with Gasteiger partial charge >= 0.3 is 5.97 Å². The second-order valence-electron chi connectivity index (χ2n) is 34.9. The molecule has 12 unspecified atom stereocenters. The van der Waals surface area contributed by atoms with Crippen molar-refractivity contribution >= 4 is 23.7 Å². The number of carboxylic acid groups (broad SMARTS) is 1. The van der Waals surface area contributed by atoms with Gasteiger partial charge in [-0.1, -0.05) is 231 Å². The molecule has 0 bridgehead atoms. The van der Waals surface area contributed by atoms with Gasteiger partial charge in [0.15, 0.2) is 31.5 Å². The Kier molecular flexibility index (Phi) is 53.5. The van der Waals surface area contributed by atoms with Crippen molar-refractivity contribution in [3.05, 3.63) is 12.2 Å². The number of amides is 3. The Morgan fingerprint density at radius 1 is 0.417 bits per heavy atom. The summed E-state index contributed by atoms with van der Waals surface area (Å²) in [6.45, 7) is -2.95. The quantitative estimate of drug-likeness (QED) is 0.0253. The summed E-state index contributed by atoms with van der Waals surface area (Å²) in [5.74, 6) is -7.97. The number of hydrogen-bond acceptors (Lipinski definition) is 36. The van der Waals surface area contributed by atoms with Gasteiger partial charge in [0, 0.05) is 19.8 Å². The molecule has 40 heteroatoms. The van der Waals surface area contributed by atoms with Crippen LogP contribution in [0, 0.1) is 0 Å². The number of ether oxygens (including phenoxy) is 12. The SMILES string of the molecule is CCCCCCCCCCCCC/C=C/[C@@H](O)[C@H](CO[C@@H]1OC(CO)[C@@H](O[C@@H]2OC(CO)[C@H](O[C@@H]3OC(CO)[C@H](O)[C@H](O[C@@H]4OC(CO)[C@H](O)[C@H](O[C@@H]5OC(CO)[C@H](O)[C@H](O[C@]6(C(=O)O)CC(O)[C@@H](NC(=O)CO)C([C@H](O)[C@H](O)CO)O6)C5O)C4NC(C)=O)C3O)[C@H](O)C2O)[C@H](O)C1O)NC(=O)CCCCCCCCCCCCCCCCCCCCCCCCC. The lowest BCUT2D eigenvalue weighted by Gasteiger charge is -2.51. The fourth-order valence-electron chi connectivity index (χ4n) is 17.2. The summed E-state index contributed by atoms with van der Waals surface area (Å²) in [5, 5.41) is 241. The number of hydrogen-bond donors (Lipinski definition) is 24. The fourth-order valence-corrected chi connectivity index (χ4v) is 17.2. The average molecular weight is 1840 g/mol. The molecule has 6 saturated heterocycles. The molecule has 33 atom stereocenters. The third kappa shape index (κ3) is 35.2. The minimum atomic E-state index is -3.31. The monoisotopic (exact) mass is 1840 g/mol. The maximum atomic E-state index is 13.6. The number of aliphatic hydroxyl groups excluding tert-OH is 20. The molecule has 0 saturated carbocycles. The van der Waals surface area contributed by atoms with Gasteiger partial charge in [0.1, 0.15) is 147 Å². The Morgan fingerprint density at radius 2 is 0.795 bits per heavy atom. The van der Waals surface area contributed by atoms with Gasteiger partial charge in [0.25, 0.3) is 5.79 Å². The number of nitrogens with one attached hydrogen (secondary N) is 3. The summed E-state index contributed by atoms with van der Waals surface area (Å²) in [7, 11) is 0. The van der Waals surface area contributed by atoms with Crippen molar-refractivity contribution in [3.8, 4) is 0 Å². The van der Waals surface area contributed by atoms with Crippen molar-refractivity contribution in [3.63, 3.8) is 0 Å². The highest BCUT2D eigenvalue weighted by atomic mass is 16.8. The highest BCUT2D eigenvalue weighted by Crippen LogP contribution is 2.41. The van der Waals surface area contributed by atoms with Crippen LogP contribution < -0.4 is 16.0 Å². The molecule has 742 valence electrons. The predicted octanol–water partition coefficient (Wildman–Crippen LogP) is -1.13. The topological polar surface area (TPSA) is 640 Å². The Bertz CT molecular complexity index is 3000. The van der Waals surface area contributed by atoms with Crippen LogP contribution in [0.1, 0.15) is 258 Å². The average Bonchev–Trinajstić information content (AvgIpc) is 0.841. The molecule has 0 aliphatic carbocycles. The largest absolute Gasteiger partial charge is 0.477 e. The number of carboxylic acids is 1. The summed E-state index contributed by atoms with van der Waals surface area (Å²) < 4.78 is 70.6. The van der Waals surface area contributed by atoms with E-state index >= 15 is 0 Å². The van der Waals surface area contributed by atoms with Crippen LogP contribution in [-0.4, -0.2) is 386 Å². The zero-order chi connectivity index (χ0) is 93.1. The molecule has 6 heterocycles. The highest BCUT2D eigenvalue weighted by Gasteiger charge is 2.62. The van der Waals surface area contributed by atoms with Gasteiger partial charge in [0.2, 0.25) is 17.7 Å². The van der Waals surface area contributed by atoms with Crippen molar-refractivity contribution in [2.24, 2.45) is 0 Å². The van der Waals surface area contributed by atoms with Crippen LogP contribution in [0.25, 0.3) is 0 Å².